The van der Waals surface area contributed by atoms with Crippen molar-refractivity contribution in [1.82, 2.24) is 0 Å². The zero-order valence-corrected chi connectivity index (χ0v) is 12.9. The number of ether oxygens (including phenoxy) is 2. The summed E-state index contributed by atoms with van der Waals surface area (Å²) in [6.45, 7) is -0.567. The van der Waals surface area contributed by atoms with Gasteiger partial charge in [0, 0.05) is 5.02 Å². The van der Waals surface area contributed by atoms with Gasteiger partial charge in [0.2, 0.25) is 0 Å². The van der Waals surface area contributed by atoms with Crippen LogP contribution in [0.4, 0.5) is 10.1 Å². The molecule has 5 nitrogen and oxygen atoms in total. The molecule has 7 heteroatoms. The number of carbonyl (C=O) groups excluding carboxylic acids is 2. The SMILES string of the molecule is COc1ccccc1NC(=O)COC(=O)c1cc(Cl)ccc1F. The van der Waals surface area contributed by atoms with Gasteiger partial charge >= 0.3 is 5.97 Å². The molecule has 0 fully saturated rings. The van der Waals surface area contributed by atoms with Crippen molar-refractivity contribution in [2.24, 2.45) is 0 Å². The van der Waals surface area contributed by atoms with E-state index in [1.54, 1.807) is 24.3 Å². The van der Waals surface area contributed by atoms with Crippen LogP contribution in [-0.2, 0) is 9.53 Å². The molecule has 120 valence electrons. The van der Waals surface area contributed by atoms with Crippen LogP contribution in [0.25, 0.3) is 0 Å². The van der Waals surface area contributed by atoms with Gasteiger partial charge in [-0.25, -0.2) is 9.18 Å². The van der Waals surface area contributed by atoms with Crippen molar-refractivity contribution in [3.05, 3.63) is 58.9 Å². The molecule has 0 heterocycles. The van der Waals surface area contributed by atoms with Gasteiger partial charge in [0.15, 0.2) is 6.61 Å². The molecule has 0 radical (unpaired) electrons. The molecular formula is C16H13ClFNO4. The average molecular weight is 338 g/mol. The minimum absolute atomic E-state index is 0.192. The van der Waals surface area contributed by atoms with E-state index in [1.807, 2.05) is 0 Å². The topological polar surface area (TPSA) is 64.6 Å². The third-order valence-electron chi connectivity index (χ3n) is 2.86. The van der Waals surface area contributed by atoms with Crippen LogP contribution in [0.3, 0.4) is 0 Å². The summed E-state index contributed by atoms with van der Waals surface area (Å²) in [5.41, 5.74) is 0.104. The first-order valence-electron chi connectivity index (χ1n) is 6.56. The van der Waals surface area contributed by atoms with Gasteiger partial charge in [-0.2, -0.15) is 0 Å². The molecule has 1 N–H and O–H groups in total. The predicted octanol–water partition coefficient (Wildman–Crippen LogP) is 3.28. The minimum atomic E-state index is -0.972. The summed E-state index contributed by atoms with van der Waals surface area (Å²) < 4.78 is 23.4. The molecule has 23 heavy (non-hydrogen) atoms. The molecule has 0 aliphatic rings. The van der Waals surface area contributed by atoms with Crippen LogP contribution in [0.15, 0.2) is 42.5 Å². The van der Waals surface area contributed by atoms with Gasteiger partial charge in [-0.05, 0) is 30.3 Å². The van der Waals surface area contributed by atoms with E-state index in [9.17, 15) is 14.0 Å². The van der Waals surface area contributed by atoms with Crippen LogP contribution in [0.2, 0.25) is 5.02 Å². The van der Waals surface area contributed by atoms with Crippen LogP contribution in [0.1, 0.15) is 10.4 Å². The van der Waals surface area contributed by atoms with E-state index in [0.29, 0.717) is 11.4 Å². The van der Waals surface area contributed by atoms with Gasteiger partial charge in [0.25, 0.3) is 5.91 Å². The number of halogens is 2. The molecule has 2 aromatic rings. The number of benzene rings is 2. The lowest BCUT2D eigenvalue weighted by atomic mass is 10.2. The van der Waals surface area contributed by atoms with E-state index in [4.69, 9.17) is 21.1 Å². The van der Waals surface area contributed by atoms with E-state index in [0.717, 1.165) is 12.1 Å². The fourth-order valence-electron chi connectivity index (χ4n) is 1.80. The summed E-state index contributed by atoms with van der Waals surface area (Å²) in [7, 11) is 1.47. The smallest absolute Gasteiger partial charge is 0.341 e. The summed E-state index contributed by atoms with van der Waals surface area (Å²) in [4.78, 5) is 23.6. The zero-order valence-electron chi connectivity index (χ0n) is 12.1. The Balaban J connectivity index is 1.96. The average Bonchev–Trinajstić information content (AvgIpc) is 2.55. The molecular weight excluding hydrogens is 325 g/mol. The van der Waals surface area contributed by atoms with E-state index in [-0.39, 0.29) is 10.6 Å². The quantitative estimate of drug-likeness (QED) is 0.850. The molecule has 0 aliphatic carbocycles. The van der Waals surface area contributed by atoms with Crippen molar-refractivity contribution >= 4 is 29.2 Å². The van der Waals surface area contributed by atoms with Crippen molar-refractivity contribution < 1.29 is 23.5 Å². The first-order chi connectivity index (χ1) is 11.0. The summed E-state index contributed by atoms with van der Waals surface area (Å²) >= 11 is 5.70. The van der Waals surface area contributed by atoms with E-state index >= 15 is 0 Å². The second kappa shape index (κ2) is 7.60. The Morgan fingerprint density at radius 2 is 1.96 bits per heavy atom. The number of rotatable bonds is 5. The lowest BCUT2D eigenvalue weighted by Crippen LogP contribution is -2.21. The summed E-state index contributed by atoms with van der Waals surface area (Å²) in [6, 6.07) is 10.3. The second-order valence-corrected chi connectivity index (χ2v) is 4.89. The van der Waals surface area contributed by atoms with Crippen molar-refractivity contribution in [3.63, 3.8) is 0 Å². The van der Waals surface area contributed by atoms with Crippen LogP contribution < -0.4 is 10.1 Å². The summed E-state index contributed by atoms with van der Waals surface area (Å²) in [6.07, 6.45) is 0. The van der Waals surface area contributed by atoms with Crippen molar-refractivity contribution in [3.8, 4) is 5.75 Å². The predicted molar refractivity (Wildman–Crippen MR) is 83.3 cm³/mol. The largest absolute Gasteiger partial charge is 0.495 e. The molecule has 0 saturated carbocycles. The fraction of sp³-hybridized carbons (Fsp3) is 0.125. The normalized spacial score (nSPS) is 10.0. The van der Waals surface area contributed by atoms with Gasteiger partial charge < -0.3 is 14.8 Å². The molecule has 0 aromatic heterocycles. The Morgan fingerprint density at radius 1 is 1.22 bits per heavy atom. The van der Waals surface area contributed by atoms with Crippen LogP contribution >= 0.6 is 11.6 Å². The van der Waals surface area contributed by atoms with E-state index in [2.05, 4.69) is 5.32 Å². The number of esters is 1. The third-order valence-corrected chi connectivity index (χ3v) is 3.10. The standard InChI is InChI=1S/C16H13ClFNO4/c1-22-14-5-3-2-4-13(14)19-15(20)9-23-16(21)11-8-10(17)6-7-12(11)18/h2-8H,9H2,1H3,(H,19,20). The highest BCUT2D eigenvalue weighted by Crippen LogP contribution is 2.22. The van der Waals surface area contributed by atoms with Crippen LogP contribution in [-0.4, -0.2) is 25.6 Å². The summed E-state index contributed by atoms with van der Waals surface area (Å²) in [5, 5.41) is 2.72. The fourth-order valence-corrected chi connectivity index (χ4v) is 1.97. The number of nitrogens with one attached hydrogen (secondary N) is 1. The van der Waals surface area contributed by atoms with E-state index in [1.165, 1.54) is 13.2 Å². The van der Waals surface area contributed by atoms with Gasteiger partial charge in [0.1, 0.15) is 11.6 Å². The monoisotopic (exact) mass is 337 g/mol. The molecule has 0 atom stereocenters. The minimum Gasteiger partial charge on any atom is -0.495 e. The second-order valence-electron chi connectivity index (χ2n) is 4.45. The molecule has 2 aromatic carbocycles. The summed E-state index contributed by atoms with van der Waals surface area (Å²) in [5.74, 6) is -1.86. The van der Waals surface area contributed by atoms with Crippen molar-refractivity contribution in [2.45, 2.75) is 0 Å². The first-order valence-corrected chi connectivity index (χ1v) is 6.94. The molecule has 0 saturated heterocycles. The Kier molecular flexibility index (Phi) is 5.54. The zero-order chi connectivity index (χ0) is 16.8. The number of hydrogen-bond acceptors (Lipinski definition) is 4. The molecule has 0 aliphatic heterocycles. The lowest BCUT2D eigenvalue weighted by Gasteiger charge is -2.10. The van der Waals surface area contributed by atoms with E-state index < -0.39 is 24.3 Å². The Labute approximate surface area is 137 Å². The van der Waals surface area contributed by atoms with Gasteiger partial charge in [-0.3, -0.25) is 4.79 Å². The number of para-hydroxylation sites is 2. The maximum absolute atomic E-state index is 13.5. The Morgan fingerprint density at radius 3 is 2.70 bits per heavy atom. The lowest BCUT2D eigenvalue weighted by molar-refractivity contribution is -0.119. The highest BCUT2D eigenvalue weighted by atomic mass is 35.5. The van der Waals surface area contributed by atoms with Crippen LogP contribution in [0.5, 0.6) is 5.75 Å². The third kappa shape index (κ3) is 4.43. The number of methoxy groups -OCH3 is 1. The highest BCUT2D eigenvalue weighted by Gasteiger charge is 2.16. The van der Waals surface area contributed by atoms with Crippen molar-refractivity contribution in [2.75, 3.05) is 19.0 Å². The van der Waals surface area contributed by atoms with Gasteiger partial charge in [-0.1, -0.05) is 23.7 Å². The molecule has 0 bridgehead atoms. The van der Waals surface area contributed by atoms with Crippen molar-refractivity contribution in [1.29, 1.82) is 0 Å². The van der Waals surface area contributed by atoms with Crippen LogP contribution in [0, 0.1) is 5.82 Å². The number of hydrogen-bond donors (Lipinski definition) is 1. The van der Waals surface area contributed by atoms with Gasteiger partial charge in [0.05, 0.1) is 18.4 Å². The first kappa shape index (κ1) is 16.8. The molecule has 1 amide bonds. The molecule has 0 unspecified atom stereocenters. The molecule has 0 spiro atoms. The maximum Gasteiger partial charge on any atom is 0.341 e. The Hall–Kier alpha value is -2.60. The number of anilines is 1. The number of amides is 1. The molecule has 2 rings (SSSR count). The van der Waals surface area contributed by atoms with Gasteiger partial charge in [-0.15, -0.1) is 0 Å². The Bertz CT molecular complexity index is 736. The number of carbonyl (C=O) groups is 2. The maximum atomic E-state index is 13.5. The highest BCUT2D eigenvalue weighted by molar-refractivity contribution is 6.30.